The quantitative estimate of drug-likeness (QED) is 0.717. The van der Waals surface area contributed by atoms with E-state index in [1.165, 1.54) is 6.42 Å². The first-order chi connectivity index (χ1) is 8.50. The highest BCUT2D eigenvalue weighted by Gasteiger charge is 2.38. The highest BCUT2D eigenvalue weighted by molar-refractivity contribution is 5.81. The first-order valence-corrected chi connectivity index (χ1v) is 6.88. The smallest absolute Gasteiger partial charge is 0.240 e. The lowest BCUT2D eigenvalue weighted by Gasteiger charge is -2.40. The predicted octanol–water partition coefficient (Wildman–Crippen LogP) is -0.559. The summed E-state index contributed by atoms with van der Waals surface area (Å²) in [4.78, 5) is 18.8. The number of amides is 1. The molecule has 0 aromatic carbocycles. The van der Waals surface area contributed by atoms with E-state index >= 15 is 0 Å². The van der Waals surface area contributed by atoms with Crippen molar-refractivity contribution in [2.45, 2.75) is 31.5 Å². The summed E-state index contributed by atoms with van der Waals surface area (Å²) in [5, 5.41) is 3.34. The molecule has 2 saturated heterocycles. The normalized spacial score (nSPS) is 34.8. The van der Waals surface area contributed by atoms with Crippen molar-refractivity contribution in [1.29, 1.82) is 0 Å². The Hall–Kier alpha value is -0.650. The minimum Gasteiger partial charge on any atom is -0.347 e. The van der Waals surface area contributed by atoms with Crippen molar-refractivity contribution in [3.8, 4) is 0 Å². The zero-order valence-corrected chi connectivity index (χ0v) is 12.0. The molecule has 0 radical (unpaired) electrons. The van der Waals surface area contributed by atoms with Crippen molar-refractivity contribution in [1.82, 2.24) is 20.0 Å². The molecule has 0 aliphatic carbocycles. The van der Waals surface area contributed by atoms with Gasteiger partial charge in [0.2, 0.25) is 5.91 Å². The van der Waals surface area contributed by atoms with E-state index in [4.69, 9.17) is 0 Å². The van der Waals surface area contributed by atoms with Crippen LogP contribution in [-0.2, 0) is 4.79 Å². The molecule has 1 amide bonds. The monoisotopic (exact) mass is 254 g/mol. The van der Waals surface area contributed by atoms with Gasteiger partial charge in [-0.15, -0.1) is 0 Å². The molecule has 104 valence electrons. The largest absolute Gasteiger partial charge is 0.347 e. The summed E-state index contributed by atoms with van der Waals surface area (Å²) < 4.78 is 0. The Morgan fingerprint density at radius 1 is 1.39 bits per heavy atom. The molecule has 5 heteroatoms. The van der Waals surface area contributed by atoms with Gasteiger partial charge in [0.15, 0.2) is 0 Å². The van der Waals surface area contributed by atoms with Crippen molar-refractivity contribution in [3.05, 3.63) is 0 Å². The van der Waals surface area contributed by atoms with Crippen LogP contribution in [0.2, 0.25) is 0 Å². The minimum atomic E-state index is 0.0115. The van der Waals surface area contributed by atoms with Gasteiger partial charge in [-0.2, -0.15) is 0 Å². The third kappa shape index (κ3) is 2.68. The molecule has 5 nitrogen and oxygen atoms in total. The molecule has 0 spiro atoms. The molecule has 18 heavy (non-hydrogen) atoms. The molecule has 2 rings (SSSR count). The fraction of sp³-hybridized carbons (Fsp3) is 0.923. The van der Waals surface area contributed by atoms with Crippen LogP contribution in [0.1, 0.15) is 13.3 Å². The molecular weight excluding hydrogens is 228 g/mol. The summed E-state index contributed by atoms with van der Waals surface area (Å²) >= 11 is 0. The number of rotatable bonds is 2. The van der Waals surface area contributed by atoms with Crippen LogP contribution in [0.15, 0.2) is 0 Å². The summed E-state index contributed by atoms with van der Waals surface area (Å²) in [6, 6.07) is 1.17. The molecule has 3 atom stereocenters. The molecule has 2 fully saturated rings. The Morgan fingerprint density at radius 3 is 2.67 bits per heavy atom. The van der Waals surface area contributed by atoms with Gasteiger partial charge in [0.25, 0.3) is 0 Å². The van der Waals surface area contributed by atoms with Crippen molar-refractivity contribution < 1.29 is 4.79 Å². The van der Waals surface area contributed by atoms with E-state index in [0.717, 1.165) is 26.2 Å². The van der Waals surface area contributed by atoms with Crippen molar-refractivity contribution in [2.24, 2.45) is 0 Å². The maximum atomic E-state index is 12.3. The second kappa shape index (κ2) is 5.55. The number of nitrogens with one attached hydrogen (secondary N) is 1. The second-order valence-electron chi connectivity index (χ2n) is 5.87. The zero-order valence-electron chi connectivity index (χ0n) is 12.0. The van der Waals surface area contributed by atoms with Crippen LogP contribution in [0, 0.1) is 0 Å². The molecule has 2 aliphatic rings. The Balaban J connectivity index is 2.06. The fourth-order valence-electron chi connectivity index (χ4n) is 3.09. The Morgan fingerprint density at radius 2 is 2.11 bits per heavy atom. The van der Waals surface area contributed by atoms with Gasteiger partial charge in [-0.25, -0.2) is 0 Å². The van der Waals surface area contributed by atoms with Crippen molar-refractivity contribution in [3.63, 3.8) is 0 Å². The van der Waals surface area contributed by atoms with E-state index < -0.39 is 0 Å². The summed E-state index contributed by atoms with van der Waals surface area (Å²) in [6.07, 6.45) is 1.17. The SMILES string of the molecule is CC1CC(N2CCNCC2C(=O)N(C)C)CN1C. The number of likely N-dealkylation sites (N-methyl/N-ethyl adjacent to an activating group) is 2. The molecule has 0 bridgehead atoms. The number of carbonyl (C=O) groups excluding carboxylic acids is 1. The van der Waals surface area contributed by atoms with Crippen LogP contribution < -0.4 is 5.32 Å². The minimum absolute atomic E-state index is 0.0115. The van der Waals surface area contributed by atoms with Crippen LogP contribution >= 0.6 is 0 Å². The maximum absolute atomic E-state index is 12.3. The molecule has 3 unspecified atom stereocenters. The third-order valence-corrected chi connectivity index (χ3v) is 4.34. The Kier molecular flexibility index (Phi) is 4.25. The standard InChI is InChI=1S/C13H26N4O/c1-10-7-11(9-16(10)4)17-6-5-14-8-12(17)13(18)15(2)3/h10-12,14H,5-9H2,1-4H3. The van der Waals surface area contributed by atoms with Gasteiger partial charge in [-0.1, -0.05) is 0 Å². The summed E-state index contributed by atoms with van der Waals surface area (Å²) in [5.41, 5.74) is 0. The van der Waals surface area contributed by atoms with Crippen LogP contribution in [0.5, 0.6) is 0 Å². The van der Waals surface area contributed by atoms with E-state index in [0.29, 0.717) is 12.1 Å². The van der Waals surface area contributed by atoms with Crippen LogP contribution in [-0.4, -0.2) is 86.1 Å². The van der Waals surface area contributed by atoms with Crippen LogP contribution in [0.4, 0.5) is 0 Å². The third-order valence-electron chi connectivity index (χ3n) is 4.34. The lowest BCUT2D eigenvalue weighted by atomic mass is 10.1. The first kappa shape index (κ1) is 13.8. The second-order valence-corrected chi connectivity index (χ2v) is 5.87. The fourth-order valence-corrected chi connectivity index (χ4v) is 3.09. The summed E-state index contributed by atoms with van der Waals surface area (Å²) in [5.74, 6) is 0.226. The van der Waals surface area contributed by atoms with E-state index in [2.05, 4.69) is 29.1 Å². The first-order valence-electron chi connectivity index (χ1n) is 6.88. The highest BCUT2D eigenvalue weighted by Crippen LogP contribution is 2.23. The van der Waals surface area contributed by atoms with Gasteiger partial charge in [-0.05, 0) is 20.4 Å². The number of nitrogens with zero attached hydrogens (tertiary/aromatic N) is 3. The topological polar surface area (TPSA) is 38.8 Å². The maximum Gasteiger partial charge on any atom is 0.240 e. The number of piperazine rings is 1. The lowest BCUT2D eigenvalue weighted by molar-refractivity contribution is -0.136. The van der Waals surface area contributed by atoms with E-state index in [9.17, 15) is 4.79 Å². The Labute approximate surface area is 110 Å². The van der Waals surface area contributed by atoms with Gasteiger partial charge in [0.1, 0.15) is 6.04 Å². The number of likely N-dealkylation sites (tertiary alicyclic amines) is 1. The zero-order chi connectivity index (χ0) is 13.3. The van der Waals surface area contributed by atoms with Crippen LogP contribution in [0.3, 0.4) is 0 Å². The summed E-state index contributed by atoms with van der Waals surface area (Å²) in [7, 11) is 5.87. The number of hydrogen-bond acceptors (Lipinski definition) is 4. The van der Waals surface area contributed by atoms with E-state index in [-0.39, 0.29) is 11.9 Å². The molecule has 1 N–H and O–H groups in total. The van der Waals surface area contributed by atoms with Gasteiger partial charge in [0.05, 0.1) is 0 Å². The highest BCUT2D eigenvalue weighted by atomic mass is 16.2. The van der Waals surface area contributed by atoms with Crippen LogP contribution in [0.25, 0.3) is 0 Å². The van der Waals surface area contributed by atoms with Gasteiger partial charge >= 0.3 is 0 Å². The molecule has 2 aliphatic heterocycles. The number of hydrogen-bond donors (Lipinski definition) is 1. The molecule has 2 heterocycles. The van der Waals surface area contributed by atoms with Gasteiger partial charge < -0.3 is 15.1 Å². The lowest BCUT2D eigenvalue weighted by Crippen LogP contribution is -2.60. The van der Waals surface area contributed by atoms with Gasteiger partial charge in [0, 0.05) is 52.4 Å². The van der Waals surface area contributed by atoms with Crippen molar-refractivity contribution in [2.75, 3.05) is 47.3 Å². The van der Waals surface area contributed by atoms with E-state index in [1.807, 2.05) is 14.1 Å². The average Bonchev–Trinajstić information content (AvgIpc) is 2.68. The average molecular weight is 254 g/mol. The predicted molar refractivity (Wildman–Crippen MR) is 72.6 cm³/mol. The molecule has 0 saturated carbocycles. The molecule has 0 aromatic rings. The van der Waals surface area contributed by atoms with E-state index in [1.54, 1.807) is 4.90 Å². The Bertz CT molecular complexity index is 297. The number of carbonyl (C=O) groups is 1. The van der Waals surface area contributed by atoms with Gasteiger partial charge in [-0.3, -0.25) is 9.69 Å². The summed E-state index contributed by atoms with van der Waals surface area (Å²) in [6.45, 7) is 6.11. The van der Waals surface area contributed by atoms with Crippen molar-refractivity contribution >= 4 is 5.91 Å². The molecular formula is C13H26N4O. The molecule has 0 aromatic heterocycles.